The van der Waals surface area contributed by atoms with Crippen LogP contribution >= 0.6 is 0 Å². The fourth-order valence-corrected chi connectivity index (χ4v) is 2.94. The fourth-order valence-electron chi connectivity index (χ4n) is 2.94. The Hall–Kier alpha value is -3.27. The average Bonchev–Trinajstić information content (AvgIpc) is 2.69. The number of carbonyl (C=O) groups excluding carboxylic acids is 2. The summed E-state index contributed by atoms with van der Waals surface area (Å²) in [5, 5.41) is 9.44. The number of carbonyl (C=O) groups is 2. The van der Waals surface area contributed by atoms with Gasteiger partial charge >= 0.3 is 0 Å². The van der Waals surface area contributed by atoms with Gasteiger partial charge in [-0.2, -0.15) is 0 Å². The summed E-state index contributed by atoms with van der Waals surface area (Å²) >= 11 is 0. The number of ketones is 2. The topological polar surface area (TPSA) is 58.2 Å². The molecule has 0 bridgehead atoms. The van der Waals surface area contributed by atoms with Crippen molar-refractivity contribution in [2.24, 2.45) is 0 Å². The number of aromatic nitrogens is 1. The van der Waals surface area contributed by atoms with Crippen LogP contribution in [0.15, 0.2) is 85.2 Å². The molecule has 1 heterocycles. The van der Waals surface area contributed by atoms with E-state index < -0.39 is 0 Å². The monoisotopic (exact) mass is 346 g/mol. The maximum atomic E-state index is 12.6. The molecule has 0 aliphatic carbocycles. The summed E-state index contributed by atoms with van der Waals surface area (Å²) in [5.41, 5.74) is 2.12. The summed E-state index contributed by atoms with van der Waals surface area (Å²) in [5.74, 6) is -0.258. The maximum Gasteiger partial charge on any atom is 0.222 e. The van der Waals surface area contributed by atoms with E-state index in [-0.39, 0.29) is 30.3 Å². The highest BCUT2D eigenvalue weighted by Crippen LogP contribution is 2.26. The second kappa shape index (κ2) is 8.21. The highest BCUT2D eigenvalue weighted by atomic mass is 16.5. The van der Waals surface area contributed by atoms with Gasteiger partial charge in [0.25, 0.3) is 0 Å². The largest absolute Gasteiger partial charge is 0.294 e. The molecule has 0 radical (unpaired) electrons. The van der Waals surface area contributed by atoms with Crippen molar-refractivity contribution in [1.82, 2.24) is 0 Å². The molecule has 3 rings (SSSR count). The molecule has 1 aromatic heterocycles. The Balaban J connectivity index is 1.83. The Kier molecular flexibility index (Phi) is 5.54. The zero-order chi connectivity index (χ0) is 18.4. The van der Waals surface area contributed by atoms with Crippen molar-refractivity contribution in [2.75, 3.05) is 0 Å². The lowest BCUT2D eigenvalue weighted by Gasteiger charge is -2.15. The van der Waals surface area contributed by atoms with Crippen LogP contribution in [0.3, 0.4) is 0 Å². The van der Waals surface area contributed by atoms with E-state index >= 15 is 0 Å². The van der Waals surface area contributed by atoms with Gasteiger partial charge in [0, 0.05) is 40.8 Å². The predicted octanol–water partition coefficient (Wildman–Crippen LogP) is 3.84. The Morgan fingerprint density at radius 1 is 0.731 bits per heavy atom. The van der Waals surface area contributed by atoms with Crippen LogP contribution in [0.1, 0.15) is 45.0 Å². The molecular weight excluding hydrogens is 326 g/mol. The van der Waals surface area contributed by atoms with E-state index in [0.717, 1.165) is 10.3 Å². The molecule has 0 unspecified atom stereocenters. The summed E-state index contributed by atoms with van der Waals surface area (Å²) < 4.78 is 0.943. The van der Waals surface area contributed by atoms with Crippen LogP contribution in [-0.4, -0.2) is 16.8 Å². The molecule has 0 aliphatic rings. The van der Waals surface area contributed by atoms with E-state index in [2.05, 4.69) is 0 Å². The summed E-state index contributed by atoms with van der Waals surface area (Å²) in [4.78, 5) is 25.3. The normalized spacial score (nSPS) is 10.7. The SMILES string of the molecule is O=C(CC(CC(=O)c1ccccc1)c1cc[n+](O)cc1)c1ccccc1. The van der Waals surface area contributed by atoms with Gasteiger partial charge in [0.15, 0.2) is 11.6 Å². The van der Waals surface area contributed by atoms with Crippen molar-refractivity contribution in [1.29, 1.82) is 0 Å². The molecule has 0 aliphatic heterocycles. The standard InChI is InChI=1S/C22H20NO3/c24-21(18-7-3-1-4-8-18)15-20(17-11-13-23(26)14-12-17)16-22(25)19-9-5-2-6-10-19/h1-14,20,26H,15-16H2/q+1. The van der Waals surface area contributed by atoms with Gasteiger partial charge in [0.2, 0.25) is 12.4 Å². The third-order valence-electron chi connectivity index (χ3n) is 4.37. The van der Waals surface area contributed by atoms with Gasteiger partial charge in [-0.25, -0.2) is 0 Å². The minimum atomic E-state index is -0.253. The van der Waals surface area contributed by atoms with Gasteiger partial charge in [-0.15, -0.1) is 0 Å². The zero-order valence-electron chi connectivity index (χ0n) is 14.3. The molecule has 2 aromatic carbocycles. The van der Waals surface area contributed by atoms with Crippen molar-refractivity contribution in [2.45, 2.75) is 18.8 Å². The zero-order valence-corrected chi connectivity index (χ0v) is 14.3. The molecule has 26 heavy (non-hydrogen) atoms. The number of pyridine rings is 1. The second-order valence-electron chi connectivity index (χ2n) is 6.20. The molecule has 3 aromatic rings. The Labute approximate surface area is 152 Å². The van der Waals surface area contributed by atoms with E-state index in [1.165, 1.54) is 12.4 Å². The maximum absolute atomic E-state index is 12.6. The van der Waals surface area contributed by atoms with Gasteiger partial charge in [-0.05, 0) is 11.5 Å². The van der Waals surface area contributed by atoms with Gasteiger partial charge in [-0.1, -0.05) is 60.7 Å². The molecule has 0 atom stereocenters. The summed E-state index contributed by atoms with van der Waals surface area (Å²) in [6.07, 6.45) is 3.47. The molecule has 0 saturated carbocycles. The Morgan fingerprint density at radius 2 is 1.15 bits per heavy atom. The van der Waals surface area contributed by atoms with Gasteiger partial charge < -0.3 is 0 Å². The second-order valence-corrected chi connectivity index (χ2v) is 6.20. The van der Waals surface area contributed by atoms with Crippen LogP contribution in [-0.2, 0) is 0 Å². The van der Waals surface area contributed by atoms with Crippen LogP contribution in [0.5, 0.6) is 0 Å². The van der Waals surface area contributed by atoms with E-state index in [4.69, 9.17) is 0 Å². The van der Waals surface area contributed by atoms with Crippen LogP contribution in [0.4, 0.5) is 0 Å². The lowest BCUT2D eigenvalue weighted by Crippen LogP contribution is -2.28. The first-order chi connectivity index (χ1) is 12.6. The number of rotatable bonds is 7. The van der Waals surface area contributed by atoms with Crippen molar-refractivity contribution in [3.63, 3.8) is 0 Å². The molecule has 0 amide bonds. The lowest BCUT2D eigenvalue weighted by molar-refractivity contribution is -0.904. The smallest absolute Gasteiger partial charge is 0.222 e. The average molecular weight is 346 g/mol. The molecule has 0 saturated heterocycles. The quantitative estimate of drug-likeness (QED) is 0.402. The number of benzene rings is 2. The number of hydrogen-bond donors (Lipinski definition) is 1. The van der Waals surface area contributed by atoms with Crippen molar-refractivity contribution in [3.8, 4) is 0 Å². The van der Waals surface area contributed by atoms with Gasteiger partial charge in [-0.3, -0.25) is 14.8 Å². The molecule has 0 spiro atoms. The summed E-state index contributed by atoms with van der Waals surface area (Å²) in [7, 11) is 0. The highest BCUT2D eigenvalue weighted by molar-refractivity contribution is 5.99. The van der Waals surface area contributed by atoms with Crippen LogP contribution in [0, 0.1) is 0 Å². The van der Waals surface area contributed by atoms with E-state index in [0.29, 0.717) is 11.1 Å². The fraction of sp³-hybridized carbons (Fsp3) is 0.136. The molecule has 0 fully saturated rings. The van der Waals surface area contributed by atoms with Crippen molar-refractivity contribution >= 4 is 11.6 Å². The minimum Gasteiger partial charge on any atom is -0.294 e. The van der Waals surface area contributed by atoms with Gasteiger partial charge in [0.05, 0.1) is 0 Å². The lowest BCUT2D eigenvalue weighted by atomic mass is 9.87. The van der Waals surface area contributed by atoms with Crippen molar-refractivity contribution in [3.05, 3.63) is 102 Å². The summed E-state index contributed by atoms with van der Waals surface area (Å²) in [6, 6.07) is 21.6. The van der Waals surface area contributed by atoms with Crippen LogP contribution in [0.25, 0.3) is 0 Å². The minimum absolute atomic E-state index is 0.00260. The number of nitrogens with zero attached hydrogens (tertiary/aromatic N) is 1. The Bertz CT molecular complexity index is 821. The van der Waals surface area contributed by atoms with Crippen LogP contribution < -0.4 is 4.73 Å². The number of hydrogen-bond acceptors (Lipinski definition) is 3. The highest BCUT2D eigenvalue weighted by Gasteiger charge is 2.22. The first-order valence-corrected chi connectivity index (χ1v) is 8.50. The van der Waals surface area contributed by atoms with Gasteiger partial charge in [0.1, 0.15) is 0 Å². The molecular formula is C22H20NO3+. The summed E-state index contributed by atoms with van der Waals surface area (Å²) in [6.45, 7) is 0. The first kappa shape index (κ1) is 17.5. The Morgan fingerprint density at radius 3 is 1.58 bits per heavy atom. The predicted molar refractivity (Wildman–Crippen MR) is 97.3 cm³/mol. The van der Waals surface area contributed by atoms with E-state index in [1.807, 2.05) is 36.4 Å². The molecule has 4 nitrogen and oxygen atoms in total. The molecule has 1 N–H and O–H groups in total. The first-order valence-electron chi connectivity index (χ1n) is 8.50. The van der Waals surface area contributed by atoms with Crippen LogP contribution in [0.2, 0.25) is 0 Å². The molecule has 4 heteroatoms. The third kappa shape index (κ3) is 4.42. The van der Waals surface area contributed by atoms with Crippen molar-refractivity contribution < 1.29 is 19.5 Å². The third-order valence-corrected chi connectivity index (χ3v) is 4.37. The van der Waals surface area contributed by atoms with E-state index in [1.54, 1.807) is 36.4 Å². The van der Waals surface area contributed by atoms with E-state index in [9.17, 15) is 14.8 Å². The number of Topliss-reactive ketones (excluding diaryl/α,β-unsaturated/α-hetero) is 2. The molecule has 130 valence electrons.